The third-order valence-corrected chi connectivity index (χ3v) is 3.36. The maximum absolute atomic E-state index is 10.9. The van der Waals surface area contributed by atoms with Crippen molar-refractivity contribution >= 4 is 12.5 Å². The fraction of sp³-hybridized carbons (Fsp3) is 0.714. The number of nitrogens with two attached hydrogens (primary N) is 1. The van der Waals surface area contributed by atoms with Crippen molar-refractivity contribution in [3.05, 3.63) is 11.6 Å². The van der Waals surface area contributed by atoms with E-state index in [0.29, 0.717) is 6.42 Å². The number of hydrogen-bond acceptors (Lipinski definition) is 4. The number of carbonyl (C=O) groups excluding carboxylic acids is 1. The van der Waals surface area contributed by atoms with Gasteiger partial charge in [0.15, 0.2) is 0 Å². The van der Waals surface area contributed by atoms with Crippen molar-refractivity contribution in [2.24, 2.45) is 10.7 Å². The Balaban J connectivity index is 2.88. The zero-order valence-corrected chi connectivity index (χ0v) is 11.5. The Morgan fingerprint density at radius 1 is 1.56 bits per heavy atom. The highest BCUT2D eigenvalue weighted by Crippen LogP contribution is 2.24. The Kier molecular flexibility index (Phi) is 6.22. The summed E-state index contributed by atoms with van der Waals surface area (Å²) in [5.74, 6) is 0. The molecule has 0 aromatic heterocycles. The van der Waals surface area contributed by atoms with Crippen LogP contribution < -0.4 is 5.73 Å². The molecule has 1 rings (SSSR count). The van der Waals surface area contributed by atoms with Gasteiger partial charge in [0.1, 0.15) is 12.4 Å². The number of aldehydes is 1. The average molecular weight is 252 g/mol. The van der Waals surface area contributed by atoms with E-state index in [1.54, 1.807) is 6.21 Å². The third-order valence-electron chi connectivity index (χ3n) is 3.36. The number of rotatable bonds is 6. The molecule has 3 atom stereocenters. The van der Waals surface area contributed by atoms with Crippen molar-refractivity contribution < 1.29 is 9.53 Å². The van der Waals surface area contributed by atoms with E-state index in [0.717, 1.165) is 24.7 Å². The summed E-state index contributed by atoms with van der Waals surface area (Å²) in [6, 6.07) is -0.231. The van der Waals surface area contributed by atoms with Crippen molar-refractivity contribution in [1.29, 1.82) is 0 Å². The van der Waals surface area contributed by atoms with Gasteiger partial charge in [-0.2, -0.15) is 0 Å². The average Bonchev–Trinajstić information content (AvgIpc) is 2.39. The molecule has 1 aliphatic carbocycles. The number of ether oxygens (including phenoxy) is 1. The van der Waals surface area contributed by atoms with E-state index >= 15 is 0 Å². The second-order valence-electron chi connectivity index (χ2n) is 4.66. The lowest BCUT2D eigenvalue weighted by Gasteiger charge is -2.33. The van der Waals surface area contributed by atoms with Gasteiger partial charge in [0.05, 0.1) is 12.1 Å². The minimum atomic E-state index is -0.185. The maximum atomic E-state index is 10.9. The number of hydrogen-bond donors (Lipinski definition) is 1. The number of aliphatic imine (C=N–C) groups is 1. The first kappa shape index (κ1) is 15.1. The summed E-state index contributed by atoms with van der Waals surface area (Å²) in [7, 11) is 0. The fourth-order valence-electron chi connectivity index (χ4n) is 2.29. The van der Waals surface area contributed by atoms with E-state index in [4.69, 9.17) is 10.5 Å². The zero-order valence-electron chi connectivity index (χ0n) is 11.5. The lowest BCUT2D eigenvalue weighted by atomic mass is 9.89. The topological polar surface area (TPSA) is 64.7 Å². The smallest absolute Gasteiger partial charge is 0.145 e. The molecule has 2 N–H and O–H groups in total. The Bertz CT molecular complexity index is 322. The minimum Gasteiger partial charge on any atom is -0.369 e. The van der Waals surface area contributed by atoms with Crippen LogP contribution >= 0.6 is 0 Å². The van der Waals surface area contributed by atoms with Crippen LogP contribution in [0.25, 0.3) is 0 Å². The lowest BCUT2D eigenvalue weighted by Crippen LogP contribution is -2.46. The van der Waals surface area contributed by atoms with E-state index in [1.165, 1.54) is 0 Å². The molecule has 4 heteroatoms. The molecule has 102 valence electrons. The molecule has 0 bridgehead atoms. The van der Waals surface area contributed by atoms with Gasteiger partial charge in [-0.3, -0.25) is 9.79 Å². The number of carbonyl (C=O) groups is 1. The summed E-state index contributed by atoms with van der Waals surface area (Å²) in [5.41, 5.74) is 6.81. The van der Waals surface area contributed by atoms with Gasteiger partial charge < -0.3 is 10.5 Å². The molecule has 0 spiro atoms. The van der Waals surface area contributed by atoms with Gasteiger partial charge in [-0.05, 0) is 44.0 Å². The first-order valence-corrected chi connectivity index (χ1v) is 6.70. The molecule has 0 heterocycles. The standard InChI is InChI=1S/C14H24N2O2/c1-4-11(5-2)18-13-8-10(9-17)7-12(15)14(13)16-6-3/h6,8-9,11-14H,4-5,7,15H2,1-3H3/t12-,13+,14+/m0/s1. The predicted octanol–water partition coefficient (Wildman–Crippen LogP) is 1.88. The van der Waals surface area contributed by atoms with Crippen molar-refractivity contribution in [3.63, 3.8) is 0 Å². The van der Waals surface area contributed by atoms with E-state index in [1.807, 2.05) is 13.0 Å². The second kappa shape index (κ2) is 7.44. The van der Waals surface area contributed by atoms with Gasteiger partial charge >= 0.3 is 0 Å². The van der Waals surface area contributed by atoms with Gasteiger partial charge in [0.25, 0.3) is 0 Å². The van der Waals surface area contributed by atoms with Crippen molar-refractivity contribution in [3.8, 4) is 0 Å². The quantitative estimate of drug-likeness (QED) is 0.580. The molecule has 0 aromatic carbocycles. The summed E-state index contributed by atoms with van der Waals surface area (Å²) < 4.78 is 6.03. The zero-order chi connectivity index (χ0) is 13.5. The molecule has 0 fully saturated rings. The molecule has 0 unspecified atom stereocenters. The predicted molar refractivity (Wildman–Crippen MR) is 73.9 cm³/mol. The van der Waals surface area contributed by atoms with Crippen LogP contribution in [0, 0.1) is 0 Å². The van der Waals surface area contributed by atoms with Crippen LogP contribution in [0.15, 0.2) is 16.6 Å². The first-order valence-electron chi connectivity index (χ1n) is 6.70. The van der Waals surface area contributed by atoms with Crippen LogP contribution in [0.5, 0.6) is 0 Å². The van der Waals surface area contributed by atoms with Crippen molar-refractivity contribution in [2.75, 3.05) is 0 Å². The second-order valence-corrected chi connectivity index (χ2v) is 4.66. The monoisotopic (exact) mass is 252 g/mol. The molecule has 0 saturated heterocycles. The summed E-state index contributed by atoms with van der Waals surface area (Å²) >= 11 is 0. The minimum absolute atomic E-state index is 0.0840. The number of nitrogens with zero attached hydrogens (tertiary/aromatic N) is 1. The van der Waals surface area contributed by atoms with Crippen LogP contribution in [-0.2, 0) is 9.53 Å². The molecule has 4 nitrogen and oxygen atoms in total. The molecular weight excluding hydrogens is 228 g/mol. The largest absolute Gasteiger partial charge is 0.369 e. The van der Waals surface area contributed by atoms with Crippen LogP contribution in [0.1, 0.15) is 40.0 Å². The molecular formula is C14H24N2O2. The van der Waals surface area contributed by atoms with Crippen LogP contribution in [0.4, 0.5) is 0 Å². The molecule has 0 saturated carbocycles. The molecule has 0 aliphatic heterocycles. The Hall–Kier alpha value is -1.00. The van der Waals surface area contributed by atoms with E-state index in [9.17, 15) is 4.79 Å². The first-order chi connectivity index (χ1) is 8.65. The van der Waals surface area contributed by atoms with Crippen molar-refractivity contribution in [1.82, 2.24) is 0 Å². The van der Waals surface area contributed by atoms with E-state index in [-0.39, 0.29) is 24.3 Å². The van der Waals surface area contributed by atoms with Gasteiger partial charge in [-0.15, -0.1) is 0 Å². The van der Waals surface area contributed by atoms with E-state index < -0.39 is 0 Å². The highest BCUT2D eigenvalue weighted by Gasteiger charge is 2.32. The lowest BCUT2D eigenvalue weighted by molar-refractivity contribution is -0.105. The van der Waals surface area contributed by atoms with Crippen LogP contribution in [0.3, 0.4) is 0 Å². The summed E-state index contributed by atoms with van der Waals surface area (Å²) in [6.45, 7) is 6.07. The van der Waals surface area contributed by atoms with Gasteiger partial charge in [-0.1, -0.05) is 13.8 Å². The SMILES string of the molecule is CC=N[C@@H]1[C@@H](N)CC(C=O)=C[C@H]1OC(CC)CC. The Labute approximate surface area is 109 Å². The molecule has 0 radical (unpaired) electrons. The van der Waals surface area contributed by atoms with Crippen LogP contribution in [-0.4, -0.2) is 36.8 Å². The fourth-order valence-corrected chi connectivity index (χ4v) is 2.29. The van der Waals surface area contributed by atoms with Gasteiger partial charge in [0, 0.05) is 6.04 Å². The third kappa shape index (κ3) is 3.75. The molecule has 18 heavy (non-hydrogen) atoms. The van der Waals surface area contributed by atoms with Crippen LogP contribution in [0.2, 0.25) is 0 Å². The summed E-state index contributed by atoms with van der Waals surface area (Å²) in [6.07, 6.45) is 7.00. The van der Waals surface area contributed by atoms with E-state index in [2.05, 4.69) is 18.8 Å². The van der Waals surface area contributed by atoms with Crippen molar-refractivity contribution in [2.45, 2.75) is 64.3 Å². The maximum Gasteiger partial charge on any atom is 0.145 e. The highest BCUT2D eigenvalue weighted by atomic mass is 16.5. The normalized spacial score (nSPS) is 28.7. The van der Waals surface area contributed by atoms with Gasteiger partial charge in [0.2, 0.25) is 0 Å². The molecule has 1 aliphatic rings. The van der Waals surface area contributed by atoms with Gasteiger partial charge in [-0.25, -0.2) is 0 Å². The Morgan fingerprint density at radius 3 is 2.72 bits per heavy atom. The Morgan fingerprint density at radius 2 is 2.22 bits per heavy atom. The molecule has 0 aromatic rings. The molecule has 0 amide bonds. The summed E-state index contributed by atoms with van der Waals surface area (Å²) in [4.78, 5) is 15.3. The highest BCUT2D eigenvalue weighted by molar-refractivity contribution is 5.74. The summed E-state index contributed by atoms with van der Waals surface area (Å²) in [5, 5.41) is 0.